The lowest BCUT2D eigenvalue weighted by Crippen LogP contribution is -2.02. The molecule has 0 spiro atoms. The summed E-state index contributed by atoms with van der Waals surface area (Å²) in [7, 11) is 0. The van der Waals surface area contributed by atoms with Crippen molar-refractivity contribution in [2.45, 2.75) is 32.7 Å². The molecule has 0 aliphatic carbocycles. The molecular weight excluding hydrogens is 344 g/mol. The number of hydrogen-bond acceptors (Lipinski definition) is 2. The van der Waals surface area contributed by atoms with Gasteiger partial charge in [0.2, 0.25) is 0 Å². The molecule has 0 saturated heterocycles. The molecule has 2 aromatic heterocycles. The van der Waals surface area contributed by atoms with E-state index in [1.807, 2.05) is 73.1 Å². The first-order valence-corrected chi connectivity index (χ1v) is 9.91. The van der Waals surface area contributed by atoms with Crippen LogP contribution in [0.5, 0.6) is 0 Å². The lowest BCUT2D eigenvalue weighted by molar-refractivity contribution is 0.104. The van der Waals surface area contributed by atoms with Crippen LogP contribution < -0.4 is 0 Å². The predicted molar refractivity (Wildman–Crippen MR) is 115 cm³/mol. The number of ketones is 1. The summed E-state index contributed by atoms with van der Waals surface area (Å²) >= 11 is 0. The molecule has 4 rings (SSSR count). The van der Waals surface area contributed by atoms with Gasteiger partial charge in [0.1, 0.15) is 0 Å². The van der Waals surface area contributed by atoms with Gasteiger partial charge in [0.25, 0.3) is 0 Å². The first-order chi connectivity index (χ1) is 13.8. The number of fused-ring (bicyclic) bond motifs is 1. The number of carbonyl (C=O) groups excluding carboxylic acids is 1. The van der Waals surface area contributed by atoms with Gasteiger partial charge in [-0.3, -0.25) is 9.78 Å². The minimum atomic E-state index is 0.0659. The Labute approximate surface area is 165 Å². The topological polar surface area (TPSA) is 34.9 Å². The van der Waals surface area contributed by atoms with E-state index in [1.165, 1.54) is 12.8 Å². The van der Waals surface area contributed by atoms with Crippen LogP contribution >= 0.6 is 0 Å². The third kappa shape index (κ3) is 3.61. The van der Waals surface area contributed by atoms with Crippen LogP contribution in [0.2, 0.25) is 0 Å². The van der Waals surface area contributed by atoms with Gasteiger partial charge in [0.05, 0.1) is 5.69 Å². The summed E-state index contributed by atoms with van der Waals surface area (Å²) in [5.41, 5.74) is 3.57. The first-order valence-electron chi connectivity index (χ1n) is 9.91. The van der Waals surface area contributed by atoms with Crippen LogP contribution in [0.1, 0.15) is 42.1 Å². The average molecular weight is 368 g/mol. The van der Waals surface area contributed by atoms with E-state index in [2.05, 4.69) is 16.5 Å². The van der Waals surface area contributed by atoms with Crippen LogP contribution in [0.4, 0.5) is 0 Å². The van der Waals surface area contributed by atoms with E-state index in [-0.39, 0.29) is 5.78 Å². The summed E-state index contributed by atoms with van der Waals surface area (Å²) in [6, 6.07) is 20.0. The lowest BCUT2D eigenvalue weighted by atomic mass is 9.98. The molecule has 0 aliphatic rings. The van der Waals surface area contributed by atoms with Gasteiger partial charge in [-0.1, -0.05) is 62.2 Å². The summed E-state index contributed by atoms with van der Waals surface area (Å²) in [6.07, 6.45) is 9.08. The number of pyridine rings is 1. The van der Waals surface area contributed by atoms with E-state index in [0.29, 0.717) is 0 Å². The molecule has 0 fully saturated rings. The zero-order valence-electron chi connectivity index (χ0n) is 16.1. The van der Waals surface area contributed by atoms with E-state index >= 15 is 0 Å². The number of aryl methyl sites for hydroxylation is 1. The molecule has 0 unspecified atom stereocenters. The molecule has 4 aromatic rings. The van der Waals surface area contributed by atoms with Gasteiger partial charge in [-0.05, 0) is 35.4 Å². The van der Waals surface area contributed by atoms with Crippen molar-refractivity contribution in [1.82, 2.24) is 9.55 Å². The maximum Gasteiger partial charge on any atom is 0.195 e. The fraction of sp³-hybridized carbons (Fsp3) is 0.200. The highest BCUT2D eigenvalue weighted by molar-refractivity contribution is 6.16. The Morgan fingerprint density at radius 1 is 1.00 bits per heavy atom. The van der Waals surface area contributed by atoms with E-state index in [4.69, 9.17) is 0 Å². The van der Waals surface area contributed by atoms with E-state index in [9.17, 15) is 4.79 Å². The SMILES string of the molecule is CCCCCn1cc(C(=O)c2cccc3ccccc23)cc1-c1cccnc1. The molecule has 0 N–H and O–H groups in total. The van der Waals surface area contributed by atoms with Crippen LogP contribution in [0.3, 0.4) is 0 Å². The second kappa shape index (κ2) is 8.22. The Kier molecular flexibility index (Phi) is 5.34. The third-order valence-electron chi connectivity index (χ3n) is 5.15. The molecule has 140 valence electrons. The second-order valence-electron chi connectivity index (χ2n) is 7.11. The zero-order chi connectivity index (χ0) is 19.3. The fourth-order valence-corrected chi connectivity index (χ4v) is 3.69. The molecule has 0 aliphatic heterocycles. The number of nitrogens with zero attached hydrogens (tertiary/aromatic N) is 2. The fourth-order valence-electron chi connectivity index (χ4n) is 3.69. The minimum absolute atomic E-state index is 0.0659. The second-order valence-corrected chi connectivity index (χ2v) is 7.11. The molecule has 2 heterocycles. The normalized spacial score (nSPS) is 11.0. The van der Waals surface area contributed by atoms with Gasteiger partial charge >= 0.3 is 0 Å². The van der Waals surface area contributed by atoms with Crippen molar-refractivity contribution in [3.8, 4) is 11.3 Å². The van der Waals surface area contributed by atoms with Crippen molar-refractivity contribution >= 4 is 16.6 Å². The maximum atomic E-state index is 13.4. The van der Waals surface area contributed by atoms with Crippen molar-refractivity contribution in [2.24, 2.45) is 0 Å². The largest absolute Gasteiger partial charge is 0.347 e. The average Bonchev–Trinajstić information content (AvgIpc) is 3.18. The van der Waals surface area contributed by atoms with Crippen molar-refractivity contribution in [2.75, 3.05) is 0 Å². The Morgan fingerprint density at radius 2 is 1.86 bits per heavy atom. The van der Waals surface area contributed by atoms with E-state index in [1.54, 1.807) is 6.20 Å². The summed E-state index contributed by atoms with van der Waals surface area (Å²) < 4.78 is 2.20. The Bertz CT molecular complexity index is 1090. The number of carbonyl (C=O) groups is 1. The summed E-state index contributed by atoms with van der Waals surface area (Å²) in [5, 5.41) is 2.08. The van der Waals surface area contributed by atoms with Crippen molar-refractivity contribution in [3.05, 3.63) is 90.4 Å². The Balaban J connectivity index is 1.75. The first kappa shape index (κ1) is 18.2. The quantitative estimate of drug-likeness (QED) is 0.291. The summed E-state index contributed by atoms with van der Waals surface area (Å²) in [5.74, 6) is 0.0659. The predicted octanol–water partition coefficient (Wildman–Crippen LogP) is 6.12. The van der Waals surface area contributed by atoms with Crippen molar-refractivity contribution < 1.29 is 4.79 Å². The van der Waals surface area contributed by atoms with E-state index in [0.717, 1.165) is 46.1 Å². The van der Waals surface area contributed by atoms with Gasteiger partial charge in [0, 0.05) is 41.8 Å². The van der Waals surface area contributed by atoms with Crippen molar-refractivity contribution in [3.63, 3.8) is 0 Å². The summed E-state index contributed by atoms with van der Waals surface area (Å²) in [4.78, 5) is 17.6. The monoisotopic (exact) mass is 368 g/mol. The van der Waals surface area contributed by atoms with Gasteiger partial charge in [-0.15, -0.1) is 0 Å². The molecule has 0 saturated carbocycles. The van der Waals surface area contributed by atoms with Gasteiger partial charge in [0.15, 0.2) is 5.78 Å². The van der Waals surface area contributed by atoms with E-state index < -0.39 is 0 Å². The highest BCUT2D eigenvalue weighted by Gasteiger charge is 2.17. The maximum absolute atomic E-state index is 13.4. The number of benzene rings is 2. The molecule has 0 bridgehead atoms. The van der Waals surface area contributed by atoms with Gasteiger partial charge in [-0.25, -0.2) is 0 Å². The zero-order valence-corrected chi connectivity index (χ0v) is 16.1. The van der Waals surface area contributed by atoms with Crippen LogP contribution in [-0.4, -0.2) is 15.3 Å². The van der Waals surface area contributed by atoms with Crippen LogP contribution in [0, 0.1) is 0 Å². The number of aromatic nitrogens is 2. The molecule has 0 radical (unpaired) electrons. The van der Waals surface area contributed by atoms with Crippen molar-refractivity contribution in [1.29, 1.82) is 0 Å². The summed E-state index contributed by atoms with van der Waals surface area (Å²) in [6.45, 7) is 3.11. The van der Waals surface area contributed by atoms with Crippen LogP contribution in [0.15, 0.2) is 79.3 Å². The standard InChI is InChI=1S/C25H24N2O/c1-2-3-6-15-27-18-21(16-24(27)20-11-8-14-26-17-20)25(28)23-13-7-10-19-9-4-5-12-22(19)23/h4-5,7-14,16-18H,2-3,6,15H2,1H3. The molecule has 2 aromatic carbocycles. The Morgan fingerprint density at radius 3 is 2.68 bits per heavy atom. The molecule has 0 amide bonds. The van der Waals surface area contributed by atoms with Gasteiger partial charge < -0.3 is 4.57 Å². The minimum Gasteiger partial charge on any atom is -0.347 e. The molecule has 3 nitrogen and oxygen atoms in total. The third-order valence-corrected chi connectivity index (χ3v) is 5.15. The lowest BCUT2D eigenvalue weighted by Gasteiger charge is -2.08. The molecule has 3 heteroatoms. The highest BCUT2D eigenvalue weighted by atomic mass is 16.1. The molecule has 28 heavy (non-hydrogen) atoms. The smallest absolute Gasteiger partial charge is 0.195 e. The number of rotatable bonds is 7. The Hall–Kier alpha value is -3.20. The van der Waals surface area contributed by atoms with Crippen LogP contribution in [0.25, 0.3) is 22.0 Å². The van der Waals surface area contributed by atoms with Crippen LogP contribution in [-0.2, 0) is 6.54 Å². The number of hydrogen-bond donors (Lipinski definition) is 0. The highest BCUT2D eigenvalue weighted by Crippen LogP contribution is 2.26. The number of unbranched alkanes of at least 4 members (excludes halogenated alkanes) is 2. The molecular formula is C25H24N2O. The van der Waals surface area contributed by atoms with Gasteiger partial charge in [-0.2, -0.15) is 0 Å². The molecule has 0 atom stereocenters.